The molecule has 2 rings (SSSR count). The molecule has 0 radical (unpaired) electrons. The standard InChI is InChI=1S/C16H20N2/c1-13-6-5-7-14(12-13)10-11-18(2)16-9-4-3-8-15(16)17/h3-9,12H,10-11,17H2,1-2H3. The Kier molecular flexibility index (Phi) is 3.88. The molecule has 0 saturated carbocycles. The lowest BCUT2D eigenvalue weighted by Crippen LogP contribution is -2.21. The summed E-state index contributed by atoms with van der Waals surface area (Å²) in [6, 6.07) is 16.6. The number of anilines is 2. The molecule has 94 valence electrons. The van der Waals surface area contributed by atoms with E-state index in [0.717, 1.165) is 24.3 Å². The fraction of sp³-hybridized carbons (Fsp3) is 0.250. The molecule has 2 N–H and O–H groups in total. The summed E-state index contributed by atoms with van der Waals surface area (Å²) < 4.78 is 0. The summed E-state index contributed by atoms with van der Waals surface area (Å²) in [6.45, 7) is 3.10. The summed E-state index contributed by atoms with van der Waals surface area (Å²) in [7, 11) is 2.08. The van der Waals surface area contributed by atoms with Crippen LogP contribution in [0, 0.1) is 6.92 Å². The monoisotopic (exact) mass is 240 g/mol. The molecule has 0 amide bonds. The van der Waals surface area contributed by atoms with Gasteiger partial charge < -0.3 is 10.6 Å². The Hall–Kier alpha value is -1.96. The summed E-state index contributed by atoms with van der Waals surface area (Å²) in [5.74, 6) is 0. The Morgan fingerprint density at radius 1 is 1.06 bits per heavy atom. The SMILES string of the molecule is Cc1cccc(CCN(C)c2ccccc2N)c1. The molecular formula is C16H20N2. The van der Waals surface area contributed by atoms with Crippen molar-refractivity contribution >= 4 is 11.4 Å². The maximum Gasteiger partial charge on any atom is 0.0597 e. The van der Waals surface area contributed by atoms with Crippen molar-refractivity contribution in [2.75, 3.05) is 24.2 Å². The number of aryl methyl sites for hydroxylation is 1. The number of nitrogen functional groups attached to an aromatic ring is 1. The Morgan fingerprint density at radius 3 is 2.56 bits per heavy atom. The summed E-state index contributed by atoms with van der Waals surface area (Å²) in [5, 5.41) is 0. The molecule has 0 atom stereocenters. The van der Waals surface area contributed by atoms with E-state index in [1.54, 1.807) is 0 Å². The molecule has 18 heavy (non-hydrogen) atoms. The van der Waals surface area contributed by atoms with Gasteiger partial charge in [0, 0.05) is 13.6 Å². The van der Waals surface area contributed by atoms with Gasteiger partial charge in [0.15, 0.2) is 0 Å². The molecule has 0 unspecified atom stereocenters. The zero-order valence-corrected chi connectivity index (χ0v) is 11.1. The highest BCUT2D eigenvalue weighted by atomic mass is 15.1. The first-order chi connectivity index (χ1) is 8.66. The maximum absolute atomic E-state index is 5.97. The van der Waals surface area contributed by atoms with E-state index >= 15 is 0 Å². The summed E-state index contributed by atoms with van der Waals surface area (Å²) in [6.07, 6.45) is 1.03. The highest BCUT2D eigenvalue weighted by Crippen LogP contribution is 2.21. The third-order valence-corrected chi connectivity index (χ3v) is 3.17. The normalized spacial score (nSPS) is 10.3. The van der Waals surface area contributed by atoms with E-state index in [-0.39, 0.29) is 0 Å². The van der Waals surface area contributed by atoms with Gasteiger partial charge in [-0.05, 0) is 31.0 Å². The van der Waals surface area contributed by atoms with Gasteiger partial charge in [-0.15, -0.1) is 0 Å². The van der Waals surface area contributed by atoms with E-state index in [2.05, 4.69) is 49.2 Å². The average molecular weight is 240 g/mol. The molecule has 2 heteroatoms. The van der Waals surface area contributed by atoms with Gasteiger partial charge in [0.25, 0.3) is 0 Å². The summed E-state index contributed by atoms with van der Waals surface area (Å²) in [4.78, 5) is 2.21. The van der Waals surface area contributed by atoms with Crippen molar-refractivity contribution in [1.82, 2.24) is 0 Å². The van der Waals surface area contributed by atoms with Crippen molar-refractivity contribution in [1.29, 1.82) is 0 Å². The molecule has 0 fully saturated rings. The Morgan fingerprint density at radius 2 is 1.83 bits per heavy atom. The second kappa shape index (κ2) is 5.58. The lowest BCUT2D eigenvalue weighted by atomic mass is 10.1. The number of benzene rings is 2. The third-order valence-electron chi connectivity index (χ3n) is 3.17. The van der Waals surface area contributed by atoms with Gasteiger partial charge in [0.05, 0.1) is 11.4 Å². The van der Waals surface area contributed by atoms with Crippen molar-refractivity contribution < 1.29 is 0 Å². The zero-order chi connectivity index (χ0) is 13.0. The third kappa shape index (κ3) is 3.04. The van der Waals surface area contributed by atoms with Crippen LogP contribution in [0.15, 0.2) is 48.5 Å². The first-order valence-electron chi connectivity index (χ1n) is 6.28. The van der Waals surface area contributed by atoms with Gasteiger partial charge in [-0.2, -0.15) is 0 Å². The molecule has 0 aliphatic rings. The molecule has 0 saturated heterocycles. The van der Waals surface area contributed by atoms with Gasteiger partial charge in [-0.25, -0.2) is 0 Å². The average Bonchev–Trinajstić information content (AvgIpc) is 2.37. The number of rotatable bonds is 4. The molecule has 0 spiro atoms. The molecule has 0 bridgehead atoms. The summed E-state index contributed by atoms with van der Waals surface area (Å²) >= 11 is 0. The van der Waals surface area contributed by atoms with Gasteiger partial charge >= 0.3 is 0 Å². The summed E-state index contributed by atoms with van der Waals surface area (Å²) in [5.41, 5.74) is 10.6. The predicted octanol–water partition coefficient (Wildman–Crippen LogP) is 3.26. The van der Waals surface area contributed by atoms with Gasteiger partial charge in [-0.3, -0.25) is 0 Å². The van der Waals surface area contributed by atoms with Crippen LogP contribution >= 0.6 is 0 Å². The minimum absolute atomic E-state index is 0.837. The lowest BCUT2D eigenvalue weighted by molar-refractivity contribution is 0.877. The van der Waals surface area contributed by atoms with E-state index in [0.29, 0.717) is 0 Å². The second-order valence-corrected chi connectivity index (χ2v) is 4.72. The van der Waals surface area contributed by atoms with Crippen molar-refractivity contribution in [2.24, 2.45) is 0 Å². The van der Waals surface area contributed by atoms with E-state index in [1.165, 1.54) is 11.1 Å². The molecular weight excluding hydrogens is 220 g/mol. The van der Waals surface area contributed by atoms with Crippen LogP contribution < -0.4 is 10.6 Å². The molecule has 2 nitrogen and oxygen atoms in total. The first kappa shape index (κ1) is 12.5. The van der Waals surface area contributed by atoms with E-state index in [4.69, 9.17) is 5.73 Å². The Balaban J connectivity index is 2.00. The minimum Gasteiger partial charge on any atom is -0.397 e. The van der Waals surface area contributed by atoms with Gasteiger partial charge in [-0.1, -0.05) is 42.0 Å². The fourth-order valence-electron chi connectivity index (χ4n) is 2.12. The van der Waals surface area contributed by atoms with Crippen molar-refractivity contribution in [2.45, 2.75) is 13.3 Å². The van der Waals surface area contributed by atoms with E-state index in [1.807, 2.05) is 18.2 Å². The highest BCUT2D eigenvalue weighted by Gasteiger charge is 2.04. The van der Waals surface area contributed by atoms with Crippen LogP contribution in [0.1, 0.15) is 11.1 Å². The number of hydrogen-bond donors (Lipinski definition) is 1. The zero-order valence-electron chi connectivity index (χ0n) is 11.1. The van der Waals surface area contributed by atoms with E-state index < -0.39 is 0 Å². The molecule has 0 aromatic heterocycles. The van der Waals surface area contributed by atoms with Crippen LogP contribution in [-0.4, -0.2) is 13.6 Å². The predicted molar refractivity (Wildman–Crippen MR) is 79.0 cm³/mol. The quantitative estimate of drug-likeness (QED) is 0.831. The second-order valence-electron chi connectivity index (χ2n) is 4.72. The van der Waals surface area contributed by atoms with Crippen LogP contribution in [0.4, 0.5) is 11.4 Å². The first-order valence-corrected chi connectivity index (χ1v) is 6.28. The van der Waals surface area contributed by atoms with Crippen LogP contribution in [0.5, 0.6) is 0 Å². The van der Waals surface area contributed by atoms with Crippen LogP contribution in [0.2, 0.25) is 0 Å². The number of hydrogen-bond acceptors (Lipinski definition) is 2. The van der Waals surface area contributed by atoms with E-state index in [9.17, 15) is 0 Å². The highest BCUT2D eigenvalue weighted by molar-refractivity contribution is 5.66. The fourth-order valence-corrected chi connectivity index (χ4v) is 2.12. The largest absolute Gasteiger partial charge is 0.397 e. The molecule has 0 aliphatic heterocycles. The van der Waals surface area contributed by atoms with Crippen molar-refractivity contribution in [3.8, 4) is 0 Å². The molecule has 2 aromatic carbocycles. The van der Waals surface area contributed by atoms with Crippen LogP contribution in [0.3, 0.4) is 0 Å². The smallest absolute Gasteiger partial charge is 0.0597 e. The lowest BCUT2D eigenvalue weighted by Gasteiger charge is -2.21. The topological polar surface area (TPSA) is 29.3 Å². The van der Waals surface area contributed by atoms with Gasteiger partial charge in [0.1, 0.15) is 0 Å². The number of nitrogens with two attached hydrogens (primary N) is 1. The molecule has 2 aromatic rings. The van der Waals surface area contributed by atoms with Crippen LogP contribution in [-0.2, 0) is 6.42 Å². The van der Waals surface area contributed by atoms with Crippen molar-refractivity contribution in [3.05, 3.63) is 59.7 Å². The van der Waals surface area contributed by atoms with Crippen LogP contribution in [0.25, 0.3) is 0 Å². The minimum atomic E-state index is 0.837. The number of nitrogens with zero attached hydrogens (tertiary/aromatic N) is 1. The van der Waals surface area contributed by atoms with Gasteiger partial charge in [0.2, 0.25) is 0 Å². The number of likely N-dealkylation sites (N-methyl/N-ethyl adjacent to an activating group) is 1. The Labute approximate surface area is 109 Å². The molecule has 0 aliphatic carbocycles. The van der Waals surface area contributed by atoms with Crippen molar-refractivity contribution in [3.63, 3.8) is 0 Å². The Bertz CT molecular complexity index is 520. The maximum atomic E-state index is 5.97. The number of para-hydroxylation sites is 2. The molecule has 0 heterocycles.